The van der Waals surface area contributed by atoms with Crippen molar-refractivity contribution in [3.63, 3.8) is 0 Å². The number of carboxylic acids is 1. The number of nitrogens with zero attached hydrogens (tertiary/aromatic N) is 1. The van der Waals surface area contributed by atoms with Crippen LogP contribution in [0, 0.1) is 11.8 Å². The summed E-state index contributed by atoms with van der Waals surface area (Å²) < 4.78 is 6.45. The quantitative estimate of drug-likeness (QED) is 0.420. The number of carbonyl (C=O) groups is 1. The minimum atomic E-state index is -0.685. The van der Waals surface area contributed by atoms with Crippen molar-refractivity contribution in [3.8, 4) is 5.75 Å². The maximum atomic E-state index is 11.3. The van der Waals surface area contributed by atoms with Gasteiger partial charge in [-0.05, 0) is 79.7 Å². The molecule has 2 aromatic rings. The Kier molecular flexibility index (Phi) is 8.58. The maximum Gasteiger partial charge on any atom is 0.306 e. The molecule has 0 unspecified atom stereocenters. The summed E-state index contributed by atoms with van der Waals surface area (Å²) in [5.41, 5.74) is 1.85. The summed E-state index contributed by atoms with van der Waals surface area (Å²) in [6.45, 7) is 1.40. The van der Waals surface area contributed by atoms with Crippen molar-refractivity contribution in [3.05, 3.63) is 57.5 Å². The molecule has 2 N–H and O–H groups in total. The number of anilines is 1. The van der Waals surface area contributed by atoms with Gasteiger partial charge in [0.2, 0.25) is 0 Å². The van der Waals surface area contributed by atoms with Crippen LogP contribution in [0.5, 0.6) is 5.75 Å². The molecule has 0 aromatic heterocycles. The molecule has 1 saturated carbocycles. The zero-order valence-corrected chi connectivity index (χ0v) is 20.5. The van der Waals surface area contributed by atoms with E-state index in [0.717, 1.165) is 29.4 Å². The minimum Gasteiger partial charge on any atom is -0.495 e. The molecule has 0 bridgehead atoms. The molecule has 1 aliphatic carbocycles. The minimum absolute atomic E-state index is 0.226. The molecule has 1 aliphatic rings. The first-order chi connectivity index (χ1) is 14.9. The highest BCUT2D eigenvalue weighted by molar-refractivity contribution is 9.10. The second kappa shape index (κ2) is 11.2. The summed E-state index contributed by atoms with van der Waals surface area (Å²) in [7, 11) is 1.61. The number of carboxylic acid groups (broad SMARTS) is 1. The van der Waals surface area contributed by atoms with Gasteiger partial charge in [-0.25, -0.2) is 0 Å². The average molecular weight is 526 g/mol. The van der Waals surface area contributed by atoms with Crippen molar-refractivity contribution in [2.75, 3.05) is 19.0 Å². The lowest BCUT2D eigenvalue weighted by molar-refractivity contribution is -0.143. The van der Waals surface area contributed by atoms with Crippen LogP contribution in [0.4, 0.5) is 5.69 Å². The van der Waals surface area contributed by atoms with E-state index in [1.54, 1.807) is 25.3 Å². The van der Waals surface area contributed by atoms with E-state index in [2.05, 4.69) is 38.3 Å². The third-order valence-electron chi connectivity index (χ3n) is 5.63. The fraction of sp³-hybridized carbons (Fsp3) is 0.391. The summed E-state index contributed by atoms with van der Waals surface area (Å²) in [5.74, 6) is 0.144. The van der Waals surface area contributed by atoms with E-state index in [4.69, 9.17) is 28.6 Å². The summed E-state index contributed by atoms with van der Waals surface area (Å²) in [5, 5.41) is 13.8. The van der Waals surface area contributed by atoms with Gasteiger partial charge in [0.25, 0.3) is 0 Å². The highest BCUT2D eigenvalue weighted by atomic mass is 79.9. The molecular formula is C23H26BrClN2O3S. The van der Waals surface area contributed by atoms with Crippen molar-refractivity contribution < 1.29 is 14.6 Å². The van der Waals surface area contributed by atoms with E-state index >= 15 is 0 Å². The number of thiocarbonyl (C=S) groups is 1. The summed E-state index contributed by atoms with van der Waals surface area (Å²) in [6.07, 6.45) is 3.20. The smallest absolute Gasteiger partial charge is 0.306 e. The molecule has 0 spiro atoms. The van der Waals surface area contributed by atoms with Gasteiger partial charge < -0.3 is 20.1 Å². The third-order valence-corrected chi connectivity index (χ3v) is 6.72. The zero-order chi connectivity index (χ0) is 22.4. The summed E-state index contributed by atoms with van der Waals surface area (Å²) >= 11 is 15.5. The second-order valence-electron chi connectivity index (χ2n) is 7.84. The molecule has 0 aliphatic heterocycles. The Morgan fingerprint density at radius 3 is 2.65 bits per heavy atom. The van der Waals surface area contributed by atoms with Crippen LogP contribution in [0.1, 0.15) is 31.2 Å². The molecule has 1 fully saturated rings. The third kappa shape index (κ3) is 6.82. The molecule has 0 saturated heterocycles. The second-order valence-corrected chi connectivity index (χ2v) is 9.58. The first-order valence-electron chi connectivity index (χ1n) is 10.2. The Balaban J connectivity index is 1.76. The van der Waals surface area contributed by atoms with Gasteiger partial charge in [-0.1, -0.05) is 39.7 Å². The molecule has 3 rings (SSSR count). The lowest BCUT2D eigenvalue weighted by Crippen LogP contribution is -2.39. The van der Waals surface area contributed by atoms with E-state index < -0.39 is 5.97 Å². The highest BCUT2D eigenvalue weighted by Crippen LogP contribution is 2.31. The number of benzene rings is 2. The first kappa shape index (κ1) is 23.8. The van der Waals surface area contributed by atoms with Crippen LogP contribution in [0.3, 0.4) is 0 Å². The molecule has 0 amide bonds. The van der Waals surface area contributed by atoms with Gasteiger partial charge >= 0.3 is 5.97 Å². The number of aliphatic carboxylic acids is 1. The van der Waals surface area contributed by atoms with E-state index in [-0.39, 0.29) is 5.92 Å². The van der Waals surface area contributed by atoms with E-state index in [1.807, 2.05) is 12.1 Å². The van der Waals surface area contributed by atoms with Crippen LogP contribution in [0.2, 0.25) is 5.02 Å². The van der Waals surface area contributed by atoms with Crippen molar-refractivity contribution in [2.24, 2.45) is 11.8 Å². The molecule has 0 atom stereocenters. The van der Waals surface area contributed by atoms with Gasteiger partial charge in [0.05, 0.1) is 18.7 Å². The molecule has 2 aromatic carbocycles. The van der Waals surface area contributed by atoms with Crippen molar-refractivity contribution >= 4 is 56.5 Å². The number of ether oxygens (including phenoxy) is 1. The normalized spacial score (nSPS) is 18.3. The van der Waals surface area contributed by atoms with Gasteiger partial charge in [-0.3, -0.25) is 4.79 Å². The Bertz CT molecular complexity index is 935. The molecule has 166 valence electrons. The summed E-state index contributed by atoms with van der Waals surface area (Å²) in [6, 6.07) is 13.5. The van der Waals surface area contributed by atoms with E-state index in [0.29, 0.717) is 46.9 Å². The predicted octanol–water partition coefficient (Wildman–Crippen LogP) is 6.20. The van der Waals surface area contributed by atoms with E-state index in [9.17, 15) is 9.90 Å². The molecule has 8 heteroatoms. The number of nitrogens with one attached hydrogen (secondary N) is 1. The van der Waals surface area contributed by atoms with Gasteiger partial charge in [0, 0.05) is 22.6 Å². The van der Waals surface area contributed by atoms with Gasteiger partial charge in [-0.15, -0.1) is 0 Å². The Morgan fingerprint density at radius 1 is 1.26 bits per heavy atom. The van der Waals surface area contributed by atoms with Crippen LogP contribution in [-0.4, -0.2) is 34.7 Å². The number of halogens is 2. The van der Waals surface area contributed by atoms with Crippen LogP contribution in [0.15, 0.2) is 46.9 Å². The largest absolute Gasteiger partial charge is 0.495 e. The van der Waals surface area contributed by atoms with Crippen LogP contribution in [-0.2, 0) is 11.3 Å². The van der Waals surface area contributed by atoms with Crippen LogP contribution < -0.4 is 10.1 Å². The SMILES string of the molecule is COc1ccc(Cl)cc1NC(=S)N(Cc1cccc(Br)c1)CC1CCC(C(=O)O)CC1. The Hall–Kier alpha value is -1.83. The number of hydrogen-bond donors (Lipinski definition) is 2. The number of rotatable bonds is 7. The van der Waals surface area contributed by atoms with Crippen LogP contribution in [0.25, 0.3) is 0 Å². The molecule has 5 nitrogen and oxygen atoms in total. The predicted molar refractivity (Wildman–Crippen MR) is 132 cm³/mol. The van der Waals surface area contributed by atoms with Crippen LogP contribution >= 0.6 is 39.7 Å². The fourth-order valence-electron chi connectivity index (χ4n) is 3.95. The number of methoxy groups -OCH3 is 1. The Morgan fingerprint density at radius 2 is 2.00 bits per heavy atom. The van der Waals surface area contributed by atoms with Gasteiger partial charge in [-0.2, -0.15) is 0 Å². The van der Waals surface area contributed by atoms with Gasteiger partial charge in [0.1, 0.15) is 5.75 Å². The topological polar surface area (TPSA) is 61.8 Å². The van der Waals surface area contributed by atoms with E-state index in [1.165, 1.54) is 0 Å². The molecule has 0 radical (unpaired) electrons. The molecule has 31 heavy (non-hydrogen) atoms. The number of hydrogen-bond acceptors (Lipinski definition) is 3. The molecular weight excluding hydrogens is 500 g/mol. The van der Waals surface area contributed by atoms with Crippen molar-refractivity contribution in [1.29, 1.82) is 0 Å². The highest BCUT2D eigenvalue weighted by Gasteiger charge is 2.28. The molecule has 0 heterocycles. The summed E-state index contributed by atoms with van der Waals surface area (Å²) in [4.78, 5) is 13.4. The zero-order valence-electron chi connectivity index (χ0n) is 17.3. The maximum absolute atomic E-state index is 11.3. The fourth-order valence-corrected chi connectivity index (χ4v) is 4.82. The van der Waals surface area contributed by atoms with Gasteiger partial charge in [0.15, 0.2) is 5.11 Å². The van der Waals surface area contributed by atoms with Crippen molar-refractivity contribution in [1.82, 2.24) is 4.90 Å². The average Bonchev–Trinajstić information content (AvgIpc) is 2.74. The first-order valence-corrected chi connectivity index (χ1v) is 11.8. The Labute approximate surface area is 201 Å². The monoisotopic (exact) mass is 524 g/mol. The lowest BCUT2D eigenvalue weighted by Gasteiger charge is -2.33. The standard InChI is InChI=1S/C23H26BrClN2O3S/c1-30-21-10-9-19(25)12-20(21)26-23(31)27(14-16-3-2-4-18(24)11-16)13-15-5-7-17(8-6-15)22(28)29/h2-4,9-12,15,17H,5-8,13-14H2,1H3,(H,26,31)(H,28,29). The lowest BCUT2D eigenvalue weighted by atomic mass is 9.82. The van der Waals surface area contributed by atoms with Crippen molar-refractivity contribution in [2.45, 2.75) is 32.2 Å².